The summed E-state index contributed by atoms with van der Waals surface area (Å²) >= 11 is 0. The summed E-state index contributed by atoms with van der Waals surface area (Å²) in [7, 11) is 4.33. The van der Waals surface area contributed by atoms with Crippen LogP contribution in [0.5, 0.6) is 0 Å². The van der Waals surface area contributed by atoms with Gasteiger partial charge in [-0.1, -0.05) is 0 Å². The summed E-state index contributed by atoms with van der Waals surface area (Å²) in [6.07, 6.45) is 0. The molecule has 1 atom stereocenters. The van der Waals surface area contributed by atoms with Gasteiger partial charge in [0.1, 0.15) is 7.57 Å². The van der Waals surface area contributed by atoms with Gasteiger partial charge in [-0.3, -0.25) is 0 Å². The summed E-state index contributed by atoms with van der Waals surface area (Å²) < 4.78 is 0. The second-order valence-corrected chi connectivity index (χ2v) is 0. The van der Waals surface area contributed by atoms with Gasteiger partial charge in [-0.25, -0.2) is 0 Å². The molecular formula is H4BCoMoNiPW. The van der Waals surface area contributed by atoms with Crippen molar-refractivity contribution in [2.75, 3.05) is 0 Å². The topological polar surface area (TPSA) is 0 Å². The Morgan fingerprint density at radius 2 is 1.17 bits per heavy atom. The Kier molecular flexibility index (Phi) is 276. The van der Waals surface area contributed by atoms with Gasteiger partial charge in [-0.2, -0.15) is 9.12 Å². The molecule has 0 aliphatic heterocycles. The van der Waals surface area contributed by atoms with E-state index < -0.39 is 0 Å². The van der Waals surface area contributed by atoms with E-state index in [-0.39, 0.29) is 75.4 Å². The van der Waals surface area contributed by atoms with Gasteiger partial charge >= 0.3 is 0 Å². The molecule has 0 nitrogen and oxygen atoms in total. The largest absolute Gasteiger partial charge is 0.179 e. The maximum atomic E-state index is 2.42. The quantitative estimate of drug-likeness (QED) is 0.347. The molecule has 0 amide bonds. The standard InChI is InChI=1S/BH4P.Co.Mo.Ni.W/c1-2;;;;/h1-2H2;;;;. The number of hydrogen-bond acceptors (Lipinski definition) is 0. The normalized spacial score (nSPS) is 0.833. The molecule has 0 spiro atoms. The predicted octanol–water partition coefficient (Wildman–Crippen LogP) is -0.600. The maximum absolute atomic E-state index is 2.42. The molecule has 0 aromatic rings. The Balaban J connectivity index is -0.000000000833. The summed E-state index contributed by atoms with van der Waals surface area (Å²) in [4.78, 5) is 0. The first kappa shape index (κ1) is 36.7. The first-order chi connectivity index (χ1) is 1.00. The van der Waals surface area contributed by atoms with E-state index in [1.54, 1.807) is 0 Å². The van der Waals surface area contributed by atoms with E-state index in [4.69, 9.17) is 0 Å². The van der Waals surface area contributed by atoms with Crippen molar-refractivity contribution >= 4 is 16.7 Å². The molecule has 0 aliphatic rings. The molecule has 0 aliphatic carbocycles. The van der Waals surface area contributed by atoms with Crippen molar-refractivity contribution in [2.24, 2.45) is 0 Å². The first-order valence-corrected chi connectivity index (χ1v) is 1.73. The SMILES string of the molecule is BP.[Co].[Mo].[Ni].[W]. The van der Waals surface area contributed by atoms with Gasteiger partial charge in [-0.05, 0) is 0 Å². The van der Waals surface area contributed by atoms with Crippen molar-refractivity contribution in [3.8, 4) is 0 Å². The van der Waals surface area contributed by atoms with Crippen molar-refractivity contribution in [1.82, 2.24) is 0 Å². The summed E-state index contributed by atoms with van der Waals surface area (Å²) in [6, 6.07) is 0. The van der Waals surface area contributed by atoms with E-state index in [2.05, 4.69) is 9.12 Å². The van der Waals surface area contributed by atoms with Crippen LogP contribution in [0.4, 0.5) is 0 Å². The Labute approximate surface area is 91.0 Å². The zero-order valence-electron chi connectivity index (χ0n) is 3.04. The monoisotopic (exact) mass is 445 g/mol. The molecule has 1 unspecified atom stereocenters. The second kappa shape index (κ2) is 45.1. The molecule has 43 valence electrons. The van der Waals surface area contributed by atoms with Gasteiger partial charge < -0.3 is 0 Å². The van der Waals surface area contributed by atoms with Gasteiger partial charge in [0.15, 0.2) is 0 Å². The fourth-order valence-corrected chi connectivity index (χ4v) is 0. The molecule has 0 fully saturated rings. The van der Waals surface area contributed by atoms with E-state index in [0.717, 1.165) is 0 Å². The Morgan fingerprint density at radius 1 is 1.17 bits per heavy atom. The van der Waals surface area contributed by atoms with Crippen molar-refractivity contribution in [1.29, 1.82) is 0 Å². The number of rotatable bonds is 0. The molecule has 0 aromatic heterocycles. The summed E-state index contributed by atoms with van der Waals surface area (Å²) in [5.41, 5.74) is 0. The molecule has 0 rings (SSSR count). The third kappa shape index (κ3) is 28.7. The van der Waals surface area contributed by atoms with E-state index in [1.165, 1.54) is 0 Å². The van der Waals surface area contributed by atoms with Crippen LogP contribution < -0.4 is 0 Å². The van der Waals surface area contributed by atoms with Gasteiger partial charge in [0.05, 0.1) is 0 Å². The van der Waals surface area contributed by atoms with Crippen LogP contribution in [-0.2, 0) is 75.4 Å². The molecule has 0 saturated heterocycles. The summed E-state index contributed by atoms with van der Waals surface area (Å²) in [5, 5.41) is 0. The van der Waals surface area contributed by atoms with Gasteiger partial charge in [0.2, 0.25) is 0 Å². The third-order valence-corrected chi connectivity index (χ3v) is 0. The molecule has 1 radical (unpaired) electrons. The maximum Gasteiger partial charge on any atom is 0.126 e. The van der Waals surface area contributed by atoms with Crippen LogP contribution in [0.2, 0.25) is 0 Å². The van der Waals surface area contributed by atoms with E-state index >= 15 is 0 Å². The van der Waals surface area contributed by atoms with Crippen molar-refractivity contribution in [3.63, 3.8) is 0 Å². The average molecular weight is 443 g/mol. The van der Waals surface area contributed by atoms with Crippen molar-refractivity contribution in [3.05, 3.63) is 0 Å². The molecule has 0 N–H and O–H groups in total. The first-order valence-electron chi connectivity index (χ1n) is 0.577. The van der Waals surface area contributed by atoms with E-state index in [9.17, 15) is 0 Å². The van der Waals surface area contributed by atoms with Crippen LogP contribution in [0.1, 0.15) is 0 Å². The predicted molar refractivity (Wildman–Crippen MR) is 18.3 cm³/mol. The molecule has 6 heteroatoms. The Hall–Kier alpha value is 2.87. The minimum Gasteiger partial charge on any atom is -0.179 e. The number of hydrogen-bond donors (Lipinski definition) is 0. The average Bonchev–Trinajstić information content (AvgIpc) is 1.00. The smallest absolute Gasteiger partial charge is 0.126 e. The van der Waals surface area contributed by atoms with Crippen molar-refractivity contribution < 1.29 is 75.4 Å². The summed E-state index contributed by atoms with van der Waals surface area (Å²) in [5.74, 6) is 0. The van der Waals surface area contributed by atoms with Crippen LogP contribution in [0, 0.1) is 0 Å². The molecule has 0 bridgehead atoms. The second-order valence-electron chi connectivity index (χ2n) is 0. The Morgan fingerprint density at radius 3 is 1.17 bits per heavy atom. The van der Waals surface area contributed by atoms with Gasteiger partial charge in [0.25, 0.3) is 0 Å². The van der Waals surface area contributed by atoms with Gasteiger partial charge in [0, 0.05) is 75.4 Å². The van der Waals surface area contributed by atoms with Gasteiger partial charge in [-0.15, -0.1) is 0 Å². The van der Waals surface area contributed by atoms with Crippen LogP contribution in [0.3, 0.4) is 0 Å². The van der Waals surface area contributed by atoms with Crippen LogP contribution in [0.15, 0.2) is 0 Å². The third-order valence-electron chi connectivity index (χ3n) is 0. The molecule has 0 heterocycles. The summed E-state index contributed by atoms with van der Waals surface area (Å²) in [6.45, 7) is 0. The van der Waals surface area contributed by atoms with Crippen LogP contribution in [-0.4, -0.2) is 7.57 Å². The van der Waals surface area contributed by atoms with Crippen LogP contribution >= 0.6 is 9.12 Å². The minimum atomic E-state index is 0. The van der Waals surface area contributed by atoms with Crippen LogP contribution in [0.25, 0.3) is 0 Å². The molecule has 0 aromatic carbocycles. The van der Waals surface area contributed by atoms with E-state index in [1.807, 2.05) is 7.57 Å². The minimum absolute atomic E-state index is 0. The van der Waals surface area contributed by atoms with E-state index in [0.29, 0.717) is 0 Å². The zero-order valence-corrected chi connectivity index (χ0v) is 11.2. The fraction of sp³-hybridized carbons (Fsp3) is 0. The Bertz CT molecular complexity index is 15.5. The zero-order chi connectivity index (χ0) is 2.00. The fourth-order valence-electron chi connectivity index (χ4n) is 0. The molecular weight excluding hydrogens is 439 g/mol. The molecule has 0 saturated carbocycles. The van der Waals surface area contributed by atoms with Crippen molar-refractivity contribution in [2.45, 2.75) is 0 Å². The molecule has 6 heavy (non-hydrogen) atoms.